The summed E-state index contributed by atoms with van der Waals surface area (Å²) in [7, 11) is 0. The van der Waals surface area contributed by atoms with Gasteiger partial charge >= 0.3 is 0 Å². The van der Waals surface area contributed by atoms with Crippen molar-refractivity contribution in [2.24, 2.45) is 5.92 Å². The van der Waals surface area contributed by atoms with Gasteiger partial charge < -0.3 is 15.0 Å². The molecule has 0 unspecified atom stereocenters. The van der Waals surface area contributed by atoms with Crippen molar-refractivity contribution in [1.82, 2.24) is 10.3 Å². The normalized spacial score (nSPS) is 15.6. The van der Waals surface area contributed by atoms with Crippen LogP contribution in [0.5, 0.6) is 0 Å². The summed E-state index contributed by atoms with van der Waals surface area (Å²) in [6.07, 6.45) is 1.73. The molecule has 1 aliphatic rings. The van der Waals surface area contributed by atoms with Crippen LogP contribution in [-0.2, 0) is 4.74 Å². The second-order valence-electron chi connectivity index (χ2n) is 5.08. The summed E-state index contributed by atoms with van der Waals surface area (Å²) in [5.74, 6) is 1.14. The predicted octanol–water partition coefficient (Wildman–Crippen LogP) is 1.30. The Morgan fingerprint density at radius 1 is 1.47 bits per heavy atom. The van der Waals surface area contributed by atoms with Crippen LogP contribution in [0, 0.1) is 5.92 Å². The van der Waals surface area contributed by atoms with Gasteiger partial charge in [-0.15, -0.1) is 0 Å². The van der Waals surface area contributed by atoms with Gasteiger partial charge in [-0.05, 0) is 18.1 Å². The molecule has 104 valence electrons. The molecule has 0 aromatic carbocycles. The van der Waals surface area contributed by atoms with Crippen LogP contribution in [0.25, 0.3) is 0 Å². The zero-order valence-corrected chi connectivity index (χ0v) is 11.6. The lowest BCUT2D eigenvalue weighted by Gasteiger charge is -2.29. The number of nitrogens with zero attached hydrogens (tertiary/aromatic N) is 2. The predicted molar refractivity (Wildman–Crippen MR) is 74.4 cm³/mol. The van der Waals surface area contributed by atoms with Crippen LogP contribution in [0.3, 0.4) is 0 Å². The Labute approximate surface area is 114 Å². The highest BCUT2D eigenvalue weighted by Gasteiger charge is 2.19. The maximum absolute atomic E-state index is 12.2. The van der Waals surface area contributed by atoms with Gasteiger partial charge in [-0.25, -0.2) is 4.98 Å². The van der Waals surface area contributed by atoms with Gasteiger partial charge in [0.25, 0.3) is 5.91 Å². The van der Waals surface area contributed by atoms with Crippen LogP contribution in [0.2, 0.25) is 0 Å². The summed E-state index contributed by atoms with van der Waals surface area (Å²) in [6, 6.07) is 3.63. The average molecular weight is 263 g/mol. The first-order valence-corrected chi connectivity index (χ1v) is 6.74. The van der Waals surface area contributed by atoms with Gasteiger partial charge in [-0.2, -0.15) is 0 Å². The number of hydrogen-bond donors (Lipinski definition) is 1. The molecule has 0 atom stereocenters. The number of carbonyl (C=O) groups excluding carboxylic acids is 1. The molecule has 0 spiro atoms. The first-order chi connectivity index (χ1) is 9.18. The van der Waals surface area contributed by atoms with Crippen LogP contribution in [-0.4, -0.2) is 43.7 Å². The minimum Gasteiger partial charge on any atom is -0.378 e. The number of anilines is 1. The quantitative estimate of drug-likeness (QED) is 0.889. The fourth-order valence-electron chi connectivity index (χ4n) is 1.99. The smallest absolute Gasteiger partial charge is 0.255 e. The Morgan fingerprint density at radius 3 is 2.89 bits per heavy atom. The lowest BCUT2D eigenvalue weighted by Crippen LogP contribution is -2.38. The fourth-order valence-corrected chi connectivity index (χ4v) is 1.99. The highest BCUT2D eigenvalue weighted by atomic mass is 16.5. The van der Waals surface area contributed by atoms with E-state index in [2.05, 4.69) is 29.0 Å². The van der Waals surface area contributed by atoms with E-state index >= 15 is 0 Å². The fraction of sp³-hybridized carbons (Fsp3) is 0.571. The highest BCUT2D eigenvalue weighted by molar-refractivity contribution is 5.98. The van der Waals surface area contributed by atoms with E-state index in [1.807, 2.05) is 6.07 Å². The molecule has 1 aliphatic heterocycles. The maximum Gasteiger partial charge on any atom is 0.255 e. The van der Waals surface area contributed by atoms with Crippen LogP contribution >= 0.6 is 0 Å². The number of carbonyl (C=O) groups is 1. The molecule has 5 heteroatoms. The van der Waals surface area contributed by atoms with E-state index in [-0.39, 0.29) is 5.91 Å². The van der Waals surface area contributed by atoms with Gasteiger partial charge in [-0.3, -0.25) is 4.79 Å². The molecule has 1 fully saturated rings. The highest BCUT2D eigenvalue weighted by Crippen LogP contribution is 2.18. The SMILES string of the molecule is CC(C)CNC(=O)c1cccnc1N1CCOCC1. The first-order valence-electron chi connectivity index (χ1n) is 6.74. The summed E-state index contributed by atoms with van der Waals surface area (Å²) >= 11 is 0. The summed E-state index contributed by atoms with van der Waals surface area (Å²) in [5, 5.41) is 2.94. The van der Waals surface area contributed by atoms with Crippen molar-refractivity contribution in [3.63, 3.8) is 0 Å². The Hall–Kier alpha value is -1.62. The van der Waals surface area contributed by atoms with Gasteiger partial charge in [-0.1, -0.05) is 13.8 Å². The van der Waals surface area contributed by atoms with E-state index in [0.717, 1.165) is 18.9 Å². The Balaban J connectivity index is 2.13. The van der Waals surface area contributed by atoms with Crippen LogP contribution in [0.4, 0.5) is 5.82 Å². The Bertz CT molecular complexity index is 428. The van der Waals surface area contributed by atoms with Crippen molar-refractivity contribution in [2.45, 2.75) is 13.8 Å². The molecule has 1 N–H and O–H groups in total. The minimum atomic E-state index is -0.0525. The second kappa shape index (κ2) is 6.52. The standard InChI is InChI=1S/C14H21N3O2/c1-11(2)10-16-14(18)12-4-3-5-15-13(12)17-6-8-19-9-7-17/h3-5,11H,6-10H2,1-2H3,(H,16,18). The van der Waals surface area contributed by atoms with Crippen molar-refractivity contribution in [2.75, 3.05) is 37.7 Å². The van der Waals surface area contributed by atoms with Gasteiger partial charge in [0.1, 0.15) is 5.82 Å². The summed E-state index contributed by atoms with van der Waals surface area (Å²) in [5.41, 5.74) is 0.644. The van der Waals surface area contributed by atoms with E-state index in [0.29, 0.717) is 31.2 Å². The summed E-state index contributed by atoms with van der Waals surface area (Å²) in [6.45, 7) is 7.76. The lowest BCUT2D eigenvalue weighted by molar-refractivity contribution is 0.0947. The molecule has 5 nitrogen and oxygen atoms in total. The van der Waals surface area contributed by atoms with Crippen molar-refractivity contribution in [3.05, 3.63) is 23.9 Å². The van der Waals surface area contributed by atoms with Gasteiger partial charge in [0.05, 0.1) is 18.8 Å². The Morgan fingerprint density at radius 2 is 2.21 bits per heavy atom. The summed E-state index contributed by atoms with van der Waals surface area (Å²) in [4.78, 5) is 18.7. The monoisotopic (exact) mass is 263 g/mol. The van der Waals surface area contributed by atoms with Crippen molar-refractivity contribution < 1.29 is 9.53 Å². The Kier molecular flexibility index (Phi) is 4.74. The largest absolute Gasteiger partial charge is 0.378 e. The lowest BCUT2D eigenvalue weighted by atomic mass is 10.2. The topological polar surface area (TPSA) is 54.5 Å². The molecule has 1 aromatic heterocycles. The average Bonchev–Trinajstić information content (AvgIpc) is 2.45. The number of nitrogens with one attached hydrogen (secondary N) is 1. The van der Waals surface area contributed by atoms with E-state index < -0.39 is 0 Å². The molecule has 0 saturated carbocycles. The van der Waals surface area contributed by atoms with E-state index in [9.17, 15) is 4.79 Å². The van der Waals surface area contributed by atoms with Gasteiger partial charge in [0.15, 0.2) is 0 Å². The molecule has 2 heterocycles. The van der Waals surface area contributed by atoms with Crippen molar-refractivity contribution >= 4 is 11.7 Å². The number of rotatable bonds is 4. The van der Waals surface area contributed by atoms with E-state index in [1.54, 1.807) is 12.3 Å². The molecule has 1 aromatic rings. The van der Waals surface area contributed by atoms with Crippen molar-refractivity contribution in [1.29, 1.82) is 0 Å². The molecule has 1 amide bonds. The number of pyridine rings is 1. The van der Waals surface area contributed by atoms with E-state index in [1.165, 1.54) is 0 Å². The molecule has 0 aliphatic carbocycles. The third kappa shape index (κ3) is 3.67. The second-order valence-corrected chi connectivity index (χ2v) is 5.08. The summed E-state index contributed by atoms with van der Waals surface area (Å²) < 4.78 is 5.33. The first kappa shape index (κ1) is 13.8. The van der Waals surface area contributed by atoms with Gasteiger partial charge in [0, 0.05) is 25.8 Å². The zero-order valence-electron chi connectivity index (χ0n) is 11.6. The number of morpholine rings is 1. The molecular formula is C14H21N3O2. The molecular weight excluding hydrogens is 242 g/mol. The van der Waals surface area contributed by atoms with Gasteiger partial charge in [0.2, 0.25) is 0 Å². The van der Waals surface area contributed by atoms with Crippen LogP contribution in [0.15, 0.2) is 18.3 Å². The molecule has 2 rings (SSSR count). The maximum atomic E-state index is 12.2. The molecule has 0 bridgehead atoms. The third-order valence-corrected chi connectivity index (χ3v) is 3.01. The molecule has 1 saturated heterocycles. The number of ether oxygens (including phenoxy) is 1. The van der Waals surface area contributed by atoms with Crippen molar-refractivity contribution in [3.8, 4) is 0 Å². The number of amides is 1. The molecule has 19 heavy (non-hydrogen) atoms. The van der Waals surface area contributed by atoms with Crippen LogP contribution in [0.1, 0.15) is 24.2 Å². The van der Waals surface area contributed by atoms with Crippen LogP contribution < -0.4 is 10.2 Å². The third-order valence-electron chi connectivity index (χ3n) is 3.01. The zero-order chi connectivity index (χ0) is 13.7. The molecule has 0 radical (unpaired) electrons. The number of hydrogen-bond acceptors (Lipinski definition) is 4. The number of aromatic nitrogens is 1. The minimum absolute atomic E-state index is 0.0525. The van der Waals surface area contributed by atoms with E-state index in [4.69, 9.17) is 4.74 Å².